The molecule has 7 heteroatoms. The van der Waals surface area contributed by atoms with Crippen LogP contribution in [-0.2, 0) is 15.7 Å². The number of esters is 1. The van der Waals surface area contributed by atoms with Gasteiger partial charge in [0.25, 0.3) is 0 Å². The molecule has 1 atom stereocenters. The topological polar surface area (TPSA) is 35.5 Å². The summed E-state index contributed by atoms with van der Waals surface area (Å²) in [4.78, 5) is 11.7. The van der Waals surface area contributed by atoms with Crippen LogP contribution in [0.4, 0.5) is 17.6 Å². The second-order valence-electron chi connectivity index (χ2n) is 4.78. The molecule has 1 aliphatic rings. The molecule has 1 aliphatic heterocycles. The molecular formula is C14H14F4O3. The summed E-state index contributed by atoms with van der Waals surface area (Å²) in [7, 11) is 0. The predicted molar refractivity (Wildman–Crippen MR) is 65.3 cm³/mol. The van der Waals surface area contributed by atoms with Crippen molar-refractivity contribution in [1.82, 2.24) is 0 Å². The first-order valence-corrected chi connectivity index (χ1v) is 6.53. The van der Waals surface area contributed by atoms with Gasteiger partial charge < -0.3 is 9.47 Å². The van der Waals surface area contributed by atoms with E-state index in [1.807, 2.05) is 0 Å². The zero-order valence-electron chi connectivity index (χ0n) is 11.1. The van der Waals surface area contributed by atoms with Gasteiger partial charge in [0, 0.05) is 6.61 Å². The van der Waals surface area contributed by atoms with Gasteiger partial charge in [0.1, 0.15) is 12.4 Å². The van der Waals surface area contributed by atoms with Crippen molar-refractivity contribution < 1.29 is 31.8 Å². The normalized spacial score (nSPS) is 19.3. The van der Waals surface area contributed by atoms with E-state index in [0.29, 0.717) is 31.2 Å². The van der Waals surface area contributed by atoms with Crippen molar-refractivity contribution in [1.29, 1.82) is 0 Å². The van der Waals surface area contributed by atoms with Gasteiger partial charge in [-0.05, 0) is 37.5 Å². The van der Waals surface area contributed by atoms with Crippen LogP contribution in [0.1, 0.15) is 35.2 Å². The van der Waals surface area contributed by atoms with Crippen molar-refractivity contribution in [2.45, 2.75) is 31.5 Å². The lowest BCUT2D eigenvalue weighted by Gasteiger charge is -2.22. The molecule has 0 radical (unpaired) electrons. The summed E-state index contributed by atoms with van der Waals surface area (Å²) in [5.41, 5.74) is -1.81. The van der Waals surface area contributed by atoms with Crippen LogP contribution in [0.2, 0.25) is 0 Å². The van der Waals surface area contributed by atoms with Gasteiger partial charge in [-0.25, -0.2) is 9.18 Å². The number of rotatable bonds is 3. The first-order chi connectivity index (χ1) is 9.88. The highest BCUT2D eigenvalue weighted by atomic mass is 19.4. The average molecular weight is 306 g/mol. The minimum absolute atomic E-state index is 0.0888. The molecule has 21 heavy (non-hydrogen) atoms. The highest BCUT2D eigenvalue weighted by molar-refractivity contribution is 5.90. The van der Waals surface area contributed by atoms with Gasteiger partial charge in [-0.2, -0.15) is 13.2 Å². The molecule has 1 unspecified atom stereocenters. The predicted octanol–water partition coefficient (Wildman–Crippen LogP) is 3.57. The third-order valence-corrected chi connectivity index (χ3v) is 3.19. The number of benzene rings is 1. The molecule has 1 fully saturated rings. The summed E-state index contributed by atoms with van der Waals surface area (Å²) < 4.78 is 61.3. The van der Waals surface area contributed by atoms with Crippen LogP contribution in [0.3, 0.4) is 0 Å². The average Bonchev–Trinajstić information content (AvgIpc) is 2.45. The Hall–Kier alpha value is -1.63. The third kappa shape index (κ3) is 4.17. The third-order valence-electron chi connectivity index (χ3n) is 3.19. The SMILES string of the molecule is O=C(OCC1CCCCO1)c1cc(C(F)(F)F)ccc1F. The minimum Gasteiger partial charge on any atom is -0.459 e. The fourth-order valence-electron chi connectivity index (χ4n) is 2.04. The molecule has 0 saturated carbocycles. The van der Waals surface area contributed by atoms with Crippen molar-refractivity contribution >= 4 is 5.97 Å². The molecule has 0 aliphatic carbocycles. The molecule has 0 bridgehead atoms. The molecule has 3 nitrogen and oxygen atoms in total. The van der Waals surface area contributed by atoms with Crippen molar-refractivity contribution in [3.8, 4) is 0 Å². The number of carbonyl (C=O) groups excluding carboxylic acids is 1. The summed E-state index contributed by atoms with van der Waals surface area (Å²) in [5.74, 6) is -2.16. The Kier molecular flexibility index (Phi) is 4.82. The van der Waals surface area contributed by atoms with E-state index in [0.717, 1.165) is 12.8 Å². The van der Waals surface area contributed by atoms with Gasteiger partial charge in [0.15, 0.2) is 0 Å². The zero-order chi connectivity index (χ0) is 15.5. The van der Waals surface area contributed by atoms with Gasteiger partial charge in [-0.3, -0.25) is 0 Å². The molecule has 0 aromatic heterocycles. The Morgan fingerprint density at radius 3 is 2.71 bits per heavy atom. The number of halogens is 4. The fraction of sp³-hybridized carbons (Fsp3) is 0.500. The molecule has 2 rings (SSSR count). The van der Waals surface area contributed by atoms with E-state index >= 15 is 0 Å². The highest BCUT2D eigenvalue weighted by Crippen LogP contribution is 2.30. The molecule has 0 spiro atoms. The molecule has 1 aromatic rings. The molecule has 0 N–H and O–H groups in total. The largest absolute Gasteiger partial charge is 0.459 e. The van der Waals surface area contributed by atoms with Crippen molar-refractivity contribution in [2.75, 3.05) is 13.2 Å². The monoisotopic (exact) mass is 306 g/mol. The van der Waals surface area contributed by atoms with E-state index in [1.165, 1.54) is 0 Å². The van der Waals surface area contributed by atoms with Crippen LogP contribution in [0.15, 0.2) is 18.2 Å². The quantitative estimate of drug-likeness (QED) is 0.632. The van der Waals surface area contributed by atoms with E-state index in [-0.39, 0.29) is 12.7 Å². The summed E-state index contributed by atoms with van der Waals surface area (Å²) in [5, 5.41) is 0. The summed E-state index contributed by atoms with van der Waals surface area (Å²) in [6.45, 7) is 0.467. The van der Waals surface area contributed by atoms with Crippen LogP contribution in [-0.4, -0.2) is 25.3 Å². The van der Waals surface area contributed by atoms with E-state index in [4.69, 9.17) is 9.47 Å². The molecule has 1 heterocycles. The van der Waals surface area contributed by atoms with Gasteiger partial charge in [0.05, 0.1) is 17.2 Å². The summed E-state index contributed by atoms with van der Waals surface area (Å²) >= 11 is 0. The maximum absolute atomic E-state index is 13.5. The van der Waals surface area contributed by atoms with E-state index in [2.05, 4.69) is 0 Å². The maximum atomic E-state index is 13.5. The Morgan fingerprint density at radius 1 is 1.33 bits per heavy atom. The number of carbonyl (C=O) groups is 1. The number of hydrogen-bond donors (Lipinski definition) is 0. The van der Waals surface area contributed by atoms with Gasteiger partial charge in [-0.1, -0.05) is 0 Å². The lowest BCUT2D eigenvalue weighted by Crippen LogP contribution is -2.26. The minimum atomic E-state index is -4.64. The zero-order valence-corrected chi connectivity index (χ0v) is 11.1. The summed E-state index contributed by atoms with van der Waals surface area (Å²) in [6.07, 6.45) is -2.36. The molecule has 0 amide bonds. The first kappa shape index (κ1) is 15.8. The Morgan fingerprint density at radius 2 is 2.10 bits per heavy atom. The van der Waals surface area contributed by atoms with Crippen LogP contribution in [0.25, 0.3) is 0 Å². The Balaban J connectivity index is 2.04. The van der Waals surface area contributed by atoms with E-state index in [1.54, 1.807) is 0 Å². The van der Waals surface area contributed by atoms with Crippen molar-refractivity contribution in [3.63, 3.8) is 0 Å². The van der Waals surface area contributed by atoms with Crippen LogP contribution >= 0.6 is 0 Å². The second kappa shape index (κ2) is 6.43. The lowest BCUT2D eigenvalue weighted by atomic mass is 10.1. The highest BCUT2D eigenvalue weighted by Gasteiger charge is 2.32. The van der Waals surface area contributed by atoms with Gasteiger partial charge in [0.2, 0.25) is 0 Å². The number of ether oxygens (including phenoxy) is 2. The second-order valence-corrected chi connectivity index (χ2v) is 4.78. The van der Waals surface area contributed by atoms with Gasteiger partial charge in [-0.15, -0.1) is 0 Å². The lowest BCUT2D eigenvalue weighted by molar-refractivity contribution is -0.137. The Bertz CT molecular complexity index is 507. The van der Waals surface area contributed by atoms with E-state index < -0.39 is 29.1 Å². The number of hydrogen-bond acceptors (Lipinski definition) is 3. The fourth-order valence-corrected chi connectivity index (χ4v) is 2.04. The maximum Gasteiger partial charge on any atom is 0.416 e. The first-order valence-electron chi connectivity index (χ1n) is 6.53. The van der Waals surface area contributed by atoms with Crippen molar-refractivity contribution in [3.05, 3.63) is 35.1 Å². The molecular weight excluding hydrogens is 292 g/mol. The van der Waals surface area contributed by atoms with Crippen LogP contribution < -0.4 is 0 Å². The van der Waals surface area contributed by atoms with Crippen LogP contribution in [0.5, 0.6) is 0 Å². The molecule has 116 valence electrons. The standard InChI is InChI=1S/C14H14F4O3/c15-12-5-4-9(14(16,17)18)7-11(12)13(19)21-8-10-3-1-2-6-20-10/h4-5,7,10H,1-3,6,8H2. The molecule has 1 saturated heterocycles. The molecule has 1 aromatic carbocycles. The number of alkyl halides is 3. The smallest absolute Gasteiger partial charge is 0.416 e. The van der Waals surface area contributed by atoms with Crippen LogP contribution in [0, 0.1) is 5.82 Å². The summed E-state index contributed by atoms with van der Waals surface area (Å²) in [6, 6.07) is 1.65. The van der Waals surface area contributed by atoms with E-state index in [9.17, 15) is 22.4 Å². The Labute approximate surface area is 118 Å². The van der Waals surface area contributed by atoms with Gasteiger partial charge >= 0.3 is 12.1 Å². The van der Waals surface area contributed by atoms with Crippen molar-refractivity contribution in [2.24, 2.45) is 0 Å².